The lowest BCUT2D eigenvalue weighted by Crippen LogP contribution is -2.09. The van der Waals surface area contributed by atoms with Crippen molar-refractivity contribution in [3.05, 3.63) is 0 Å². The Bertz CT molecular complexity index is 106. The average Bonchev–Trinajstić information content (AvgIpc) is 1.99. The van der Waals surface area contributed by atoms with E-state index < -0.39 is 0 Å². The zero-order chi connectivity index (χ0) is 8.53. The van der Waals surface area contributed by atoms with E-state index in [4.69, 9.17) is 5.11 Å². The van der Waals surface area contributed by atoms with Gasteiger partial charge in [-0.15, -0.1) is 0 Å². The molecule has 0 aliphatic heterocycles. The molecule has 0 unspecified atom stereocenters. The van der Waals surface area contributed by atoms with Crippen LogP contribution in [0.3, 0.4) is 0 Å². The van der Waals surface area contributed by atoms with Gasteiger partial charge in [-0.3, -0.25) is 4.79 Å². The SMILES string of the molecule is COCC(=O)CSCCCO. The van der Waals surface area contributed by atoms with Crippen LogP contribution in [0, 0.1) is 0 Å². The van der Waals surface area contributed by atoms with Gasteiger partial charge in [0.25, 0.3) is 0 Å². The van der Waals surface area contributed by atoms with Crippen molar-refractivity contribution in [3.8, 4) is 0 Å². The van der Waals surface area contributed by atoms with Crippen molar-refractivity contribution in [1.82, 2.24) is 0 Å². The van der Waals surface area contributed by atoms with E-state index in [1.54, 1.807) is 0 Å². The second-order valence-corrected chi connectivity index (χ2v) is 3.21. The van der Waals surface area contributed by atoms with Gasteiger partial charge in [-0.1, -0.05) is 0 Å². The van der Waals surface area contributed by atoms with E-state index >= 15 is 0 Å². The summed E-state index contributed by atoms with van der Waals surface area (Å²) in [5.74, 6) is 1.44. The van der Waals surface area contributed by atoms with Gasteiger partial charge in [-0.25, -0.2) is 0 Å². The molecule has 11 heavy (non-hydrogen) atoms. The van der Waals surface area contributed by atoms with Crippen molar-refractivity contribution in [3.63, 3.8) is 0 Å². The van der Waals surface area contributed by atoms with Crippen molar-refractivity contribution in [2.24, 2.45) is 0 Å². The number of carbonyl (C=O) groups is 1. The first-order valence-electron chi connectivity index (χ1n) is 3.50. The van der Waals surface area contributed by atoms with Gasteiger partial charge in [-0.2, -0.15) is 11.8 Å². The first kappa shape index (κ1) is 10.9. The topological polar surface area (TPSA) is 46.5 Å². The fourth-order valence-electron chi connectivity index (χ4n) is 0.555. The summed E-state index contributed by atoms with van der Waals surface area (Å²) in [6.45, 7) is 0.400. The maximum absolute atomic E-state index is 10.8. The van der Waals surface area contributed by atoms with Crippen molar-refractivity contribution in [1.29, 1.82) is 0 Å². The second-order valence-electron chi connectivity index (χ2n) is 2.10. The van der Waals surface area contributed by atoms with Crippen LogP contribution in [0.25, 0.3) is 0 Å². The molecule has 66 valence electrons. The van der Waals surface area contributed by atoms with Gasteiger partial charge in [0.15, 0.2) is 5.78 Å². The molecule has 1 N–H and O–H groups in total. The van der Waals surface area contributed by atoms with Gasteiger partial charge in [0.1, 0.15) is 6.61 Å². The van der Waals surface area contributed by atoms with E-state index in [9.17, 15) is 4.79 Å². The number of ether oxygens (including phenoxy) is 1. The van der Waals surface area contributed by atoms with E-state index in [1.165, 1.54) is 18.9 Å². The Hall–Kier alpha value is -0.0600. The van der Waals surface area contributed by atoms with Gasteiger partial charge in [0.2, 0.25) is 0 Å². The number of aliphatic hydroxyl groups is 1. The summed E-state index contributed by atoms with van der Waals surface area (Å²) in [7, 11) is 1.51. The molecule has 0 heterocycles. The third kappa shape index (κ3) is 7.84. The predicted octanol–water partition coefficient (Wildman–Crippen LogP) is 0.318. The smallest absolute Gasteiger partial charge is 0.168 e. The highest BCUT2D eigenvalue weighted by Gasteiger charge is 1.99. The standard InChI is InChI=1S/C7H14O3S/c1-10-5-7(9)6-11-4-2-3-8/h8H,2-6H2,1H3. The summed E-state index contributed by atoms with van der Waals surface area (Å²) in [5.41, 5.74) is 0. The molecule has 0 saturated carbocycles. The van der Waals surface area contributed by atoms with Crippen molar-refractivity contribution < 1.29 is 14.6 Å². The van der Waals surface area contributed by atoms with Gasteiger partial charge >= 0.3 is 0 Å². The summed E-state index contributed by atoms with van der Waals surface area (Å²) in [4.78, 5) is 10.8. The van der Waals surface area contributed by atoms with Crippen LogP contribution < -0.4 is 0 Å². The number of rotatable bonds is 7. The lowest BCUT2D eigenvalue weighted by atomic mass is 10.5. The minimum absolute atomic E-state index is 0.107. The van der Waals surface area contributed by atoms with Crippen LogP contribution in [-0.4, -0.2) is 42.7 Å². The molecule has 0 bridgehead atoms. The number of methoxy groups -OCH3 is 1. The van der Waals surface area contributed by atoms with E-state index in [1.807, 2.05) is 0 Å². The highest BCUT2D eigenvalue weighted by molar-refractivity contribution is 7.99. The van der Waals surface area contributed by atoms with Gasteiger partial charge < -0.3 is 9.84 Å². The van der Waals surface area contributed by atoms with Crippen molar-refractivity contribution in [2.75, 3.05) is 31.8 Å². The van der Waals surface area contributed by atoms with Crippen LogP contribution in [0.15, 0.2) is 0 Å². The molecule has 0 rings (SSSR count). The van der Waals surface area contributed by atoms with Gasteiger partial charge in [0, 0.05) is 13.7 Å². The van der Waals surface area contributed by atoms with Crippen molar-refractivity contribution >= 4 is 17.5 Å². The molecule has 0 aliphatic rings. The van der Waals surface area contributed by atoms with Crippen LogP contribution >= 0.6 is 11.8 Å². The second kappa shape index (κ2) is 8.04. The number of ketones is 1. The summed E-state index contributed by atoms with van der Waals surface area (Å²) in [6, 6.07) is 0. The van der Waals surface area contributed by atoms with Crippen LogP contribution in [0.2, 0.25) is 0 Å². The van der Waals surface area contributed by atoms with Crippen LogP contribution in [0.4, 0.5) is 0 Å². The number of hydrogen-bond donors (Lipinski definition) is 1. The van der Waals surface area contributed by atoms with E-state index in [-0.39, 0.29) is 19.0 Å². The molecule has 4 heteroatoms. The number of aliphatic hydroxyl groups excluding tert-OH is 1. The molecule has 0 aromatic heterocycles. The Kier molecular flexibility index (Phi) is 8.00. The maximum Gasteiger partial charge on any atom is 0.168 e. The summed E-state index contributed by atoms with van der Waals surface area (Å²) >= 11 is 1.54. The Morgan fingerprint density at radius 1 is 1.64 bits per heavy atom. The minimum Gasteiger partial charge on any atom is -0.396 e. The number of hydrogen-bond acceptors (Lipinski definition) is 4. The van der Waals surface area contributed by atoms with Crippen LogP contribution in [0.1, 0.15) is 6.42 Å². The lowest BCUT2D eigenvalue weighted by Gasteiger charge is -1.98. The first-order chi connectivity index (χ1) is 5.31. The fraction of sp³-hybridized carbons (Fsp3) is 0.857. The zero-order valence-electron chi connectivity index (χ0n) is 6.71. The fourth-order valence-corrected chi connectivity index (χ4v) is 1.34. The summed E-state index contributed by atoms with van der Waals surface area (Å²) in [5, 5.41) is 8.41. The third-order valence-electron chi connectivity index (χ3n) is 1.02. The van der Waals surface area contributed by atoms with E-state index in [0.717, 1.165) is 12.2 Å². The number of carbonyl (C=O) groups excluding carboxylic acids is 1. The number of Topliss-reactive ketones (excluding diaryl/α,β-unsaturated/α-hetero) is 1. The Morgan fingerprint density at radius 2 is 2.36 bits per heavy atom. The molecule has 0 aromatic carbocycles. The molecule has 3 nitrogen and oxygen atoms in total. The molecule has 0 fully saturated rings. The molecule has 0 spiro atoms. The third-order valence-corrected chi connectivity index (χ3v) is 2.12. The molecule has 0 radical (unpaired) electrons. The maximum atomic E-state index is 10.8. The predicted molar refractivity (Wildman–Crippen MR) is 45.9 cm³/mol. The van der Waals surface area contributed by atoms with E-state index in [2.05, 4.69) is 4.74 Å². The van der Waals surface area contributed by atoms with E-state index in [0.29, 0.717) is 5.75 Å². The van der Waals surface area contributed by atoms with Gasteiger partial charge in [-0.05, 0) is 12.2 Å². The van der Waals surface area contributed by atoms with Crippen LogP contribution in [0.5, 0.6) is 0 Å². The van der Waals surface area contributed by atoms with Gasteiger partial charge in [0.05, 0.1) is 5.75 Å². The molecule has 0 atom stereocenters. The average molecular weight is 178 g/mol. The molecule has 0 amide bonds. The zero-order valence-corrected chi connectivity index (χ0v) is 7.52. The quantitative estimate of drug-likeness (QED) is 0.570. The monoisotopic (exact) mass is 178 g/mol. The number of thioether (sulfide) groups is 1. The lowest BCUT2D eigenvalue weighted by molar-refractivity contribution is -0.120. The van der Waals surface area contributed by atoms with Crippen LogP contribution in [-0.2, 0) is 9.53 Å². The molecule has 0 saturated heterocycles. The largest absolute Gasteiger partial charge is 0.396 e. The first-order valence-corrected chi connectivity index (χ1v) is 4.66. The minimum atomic E-state index is 0.107. The Labute approximate surface area is 71.1 Å². The summed E-state index contributed by atoms with van der Waals surface area (Å²) < 4.78 is 4.65. The molecule has 0 aromatic rings. The van der Waals surface area contributed by atoms with Crippen molar-refractivity contribution in [2.45, 2.75) is 6.42 Å². The highest BCUT2D eigenvalue weighted by atomic mass is 32.2. The highest BCUT2D eigenvalue weighted by Crippen LogP contribution is 2.01. The Balaban J connectivity index is 3.04. The molecular weight excluding hydrogens is 164 g/mol. The molecular formula is C7H14O3S. The Morgan fingerprint density at radius 3 is 2.91 bits per heavy atom. The summed E-state index contributed by atoms with van der Waals surface area (Å²) in [6.07, 6.45) is 0.755. The normalized spacial score (nSPS) is 10.0. The molecule has 0 aliphatic carbocycles.